The van der Waals surface area contributed by atoms with Gasteiger partial charge in [0.25, 0.3) is 0 Å². The summed E-state index contributed by atoms with van der Waals surface area (Å²) in [6.45, 7) is 0. The molecule has 1 aliphatic carbocycles. The van der Waals surface area contributed by atoms with E-state index in [4.69, 9.17) is 58.0 Å². The number of rotatable bonds is 0. The quantitative estimate of drug-likeness (QED) is 0.441. The lowest BCUT2D eigenvalue weighted by atomic mass is 9.98. The second-order valence-electron chi connectivity index (χ2n) is 2.67. The normalized spacial score (nSPS) is 55.5. The molecule has 1 fully saturated rings. The van der Waals surface area contributed by atoms with E-state index >= 15 is 0 Å². The summed E-state index contributed by atoms with van der Waals surface area (Å²) >= 11 is 32.0. The first-order valence-electron chi connectivity index (χ1n) is 3.31. The first kappa shape index (κ1) is 12.3. The van der Waals surface area contributed by atoms with Gasteiger partial charge in [-0.2, -0.15) is 0 Å². The second-order valence-corrected chi connectivity index (χ2v) is 6.62. The van der Waals surface area contributed by atoms with Gasteiger partial charge in [0.15, 0.2) is 0 Å². The Labute approximate surface area is 110 Å². The molecule has 0 N–H and O–H groups in total. The van der Waals surface area contributed by atoms with Crippen molar-refractivity contribution < 1.29 is 0 Å². The lowest BCUT2D eigenvalue weighted by Crippen LogP contribution is -2.51. The van der Waals surface area contributed by atoms with E-state index in [1.165, 1.54) is 0 Å². The van der Waals surface area contributed by atoms with E-state index in [1.807, 2.05) is 0 Å². The molecule has 6 heteroatoms. The minimum atomic E-state index is -0.357. The van der Waals surface area contributed by atoms with Gasteiger partial charge in [-0.15, -0.1) is 58.0 Å². The summed E-state index contributed by atoms with van der Waals surface area (Å²) in [6, 6.07) is 0. The Morgan fingerprint density at radius 2 is 0.833 bits per heavy atom. The molecule has 4 atom stereocenters. The summed E-state index contributed by atoms with van der Waals surface area (Å²) in [5, 5.41) is -1.41. The summed E-state index contributed by atoms with van der Waals surface area (Å²) in [6.07, 6.45) is 0. The summed E-state index contributed by atoms with van der Waals surface area (Å²) < 4.78 is 0.0610. The van der Waals surface area contributed by atoms with Crippen LogP contribution < -0.4 is 0 Å². The molecule has 0 heterocycles. The second kappa shape index (κ2) is 4.80. The Hall–Kier alpha value is 2.18. The van der Waals surface area contributed by atoms with E-state index in [0.717, 1.165) is 0 Å². The molecule has 0 aromatic carbocycles. The maximum Gasteiger partial charge on any atom is 0.0692 e. The van der Waals surface area contributed by atoms with Gasteiger partial charge in [0.1, 0.15) is 0 Å². The van der Waals surface area contributed by atoms with E-state index in [2.05, 4.69) is 22.6 Å². The molecule has 0 spiro atoms. The fraction of sp³-hybridized carbons (Fsp3) is 1.00. The van der Waals surface area contributed by atoms with E-state index in [9.17, 15) is 0 Å². The first-order chi connectivity index (χ1) is 5.46. The number of hydrogen-bond acceptors (Lipinski definition) is 0. The van der Waals surface area contributed by atoms with Crippen molar-refractivity contribution in [2.45, 2.75) is 30.8 Å². The van der Waals surface area contributed by atoms with Crippen LogP contribution in [-0.2, 0) is 0 Å². The van der Waals surface area contributed by atoms with Gasteiger partial charge in [-0.05, 0) is 0 Å². The molecule has 1 aliphatic rings. The monoisotopic (exact) mass is 380 g/mol. The minimum Gasteiger partial charge on any atom is -0.120 e. The van der Waals surface area contributed by atoms with Crippen molar-refractivity contribution in [1.29, 1.82) is 0 Å². The van der Waals surface area contributed by atoms with Gasteiger partial charge >= 0.3 is 0 Å². The van der Waals surface area contributed by atoms with Gasteiger partial charge in [0.05, 0.1) is 26.9 Å². The highest BCUT2D eigenvalue weighted by Gasteiger charge is 2.46. The van der Waals surface area contributed by atoms with Crippen molar-refractivity contribution in [2.75, 3.05) is 0 Å². The molecule has 0 aromatic heterocycles. The van der Waals surface area contributed by atoms with Gasteiger partial charge in [-0.1, -0.05) is 22.6 Å². The van der Waals surface area contributed by atoms with Crippen molar-refractivity contribution in [2.24, 2.45) is 0 Å². The van der Waals surface area contributed by atoms with E-state index < -0.39 is 0 Å². The molecule has 0 radical (unpaired) electrons. The molecule has 72 valence electrons. The summed E-state index contributed by atoms with van der Waals surface area (Å²) in [4.78, 5) is 0. The van der Waals surface area contributed by atoms with Gasteiger partial charge < -0.3 is 0 Å². The van der Waals surface area contributed by atoms with Crippen molar-refractivity contribution >= 4 is 80.6 Å². The Balaban J connectivity index is 2.76. The van der Waals surface area contributed by atoms with Crippen molar-refractivity contribution in [1.82, 2.24) is 0 Å². The predicted octanol–water partition coefficient (Wildman–Crippen LogP) is 3.84. The predicted molar refractivity (Wildman–Crippen MR) is 66.0 cm³/mol. The fourth-order valence-electron chi connectivity index (χ4n) is 1.05. The molecule has 0 nitrogen and oxygen atoms in total. The zero-order chi connectivity index (χ0) is 9.46. The maximum atomic E-state index is 6.01. The van der Waals surface area contributed by atoms with Crippen LogP contribution in [0.1, 0.15) is 0 Å². The third kappa shape index (κ3) is 2.22. The van der Waals surface area contributed by atoms with Crippen LogP contribution in [0.25, 0.3) is 0 Å². The molecule has 4 unspecified atom stereocenters. The molecule has 12 heavy (non-hydrogen) atoms. The van der Waals surface area contributed by atoms with Crippen LogP contribution in [0.2, 0.25) is 0 Å². The highest BCUT2D eigenvalue weighted by molar-refractivity contribution is 14.1. The van der Waals surface area contributed by atoms with Crippen molar-refractivity contribution in [3.63, 3.8) is 0 Å². The van der Waals surface area contributed by atoms with Gasteiger partial charge in [-0.3, -0.25) is 0 Å². The highest BCUT2D eigenvalue weighted by atomic mass is 127. The molecule has 0 aliphatic heterocycles. The summed E-state index contributed by atoms with van der Waals surface area (Å²) in [5.74, 6) is 0. The lowest BCUT2D eigenvalue weighted by Gasteiger charge is -2.38. The minimum absolute atomic E-state index is 0.0610. The molecule has 0 aromatic rings. The molecule has 0 amide bonds. The standard InChI is InChI=1S/C6H6Cl5I/c7-1-2(8)4(10)6(12)5(11)3(1)9/h1-6H. The topological polar surface area (TPSA) is 0 Å². The Bertz CT molecular complexity index is 107. The lowest BCUT2D eigenvalue weighted by molar-refractivity contribution is 0.561. The SMILES string of the molecule is ClC1C(Cl)C(Cl)C(I)C(Cl)C1Cl. The van der Waals surface area contributed by atoms with Gasteiger partial charge in [0.2, 0.25) is 0 Å². The number of hydrogen-bond donors (Lipinski definition) is 0. The number of halogens is 6. The molecule has 1 saturated carbocycles. The largest absolute Gasteiger partial charge is 0.120 e. The zero-order valence-electron chi connectivity index (χ0n) is 5.73. The first-order valence-corrected chi connectivity index (χ1v) is 6.74. The average Bonchev–Trinajstić information content (AvgIpc) is 2.08. The van der Waals surface area contributed by atoms with Crippen LogP contribution in [0.3, 0.4) is 0 Å². The fourth-order valence-corrected chi connectivity index (χ4v) is 4.30. The summed E-state index contributed by atoms with van der Waals surface area (Å²) in [7, 11) is 0. The number of alkyl halides is 6. The molecule has 0 saturated heterocycles. The van der Waals surface area contributed by atoms with Crippen LogP contribution in [-0.4, -0.2) is 30.8 Å². The van der Waals surface area contributed by atoms with E-state index in [1.54, 1.807) is 0 Å². The average molecular weight is 382 g/mol. The summed E-state index contributed by atoms with van der Waals surface area (Å²) in [5.41, 5.74) is 0. The van der Waals surface area contributed by atoms with E-state index in [-0.39, 0.29) is 30.8 Å². The maximum absolute atomic E-state index is 6.01. The van der Waals surface area contributed by atoms with Crippen LogP contribution in [0.5, 0.6) is 0 Å². The molecule has 0 bridgehead atoms. The molecule has 1 rings (SSSR count). The third-order valence-corrected chi connectivity index (χ3v) is 7.46. The smallest absolute Gasteiger partial charge is 0.0692 e. The molecular formula is C6H6Cl5I. The zero-order valence-corrected chi connectivity index (χ0v) is 11.7. The Kier molecular flexibility index (Phi) is 4.90. The highest BCUT2D eigenvalue weighted by Crippen LogP contribution is 2.40. The van der Waals surface area contributed by atoms with Crippen LogP contribution in [0, 0.1) is 0 Å². The van der Waals surface area contributed by atoms with Gasteiger partial charge in [0, 0.05) is 3.92 Å². The van der Waals surface area contributed by atoms with Crippen LogP contribution >= 0.6 is 80.6 Å². The van der Waals surface area contributed by atoms with Crippen molar-refractivity contribution in [3.8, 4) is 0 Å². The van der Waals surface area contributed by atoms with Crippen LogP contribution in [0.15, 0.2) is 0 Å². The Morgan fingerprint density at radius 3 is 1.17 bits per heavy atom. The molecular weight excluding hydrogens is 376 g/mol. The van der Waals surface area contributed by atoms with Gasteiger partial charge in [-0.25, -0.2) is 0 Å². The Morgan fingerprint density at radius 1 is 0.583 bits per heavy atom. The van der Waals surface area contributed by atoms with Crippen LogP contribution in [0.4, 0.5) is 0 Å². The van der Waals surface area contributed by atoms with Crippen molar-refractivity contribution in [3.05, 3.63) is 0 Å². The van der Waals surface area contributed by atoms with E-state index in [0.29, 0.717) is 0 Å². The third-order valence-electron chi connectivity index (χ3n) is 1.83.